The van der Waals surface area contributed by atoms with Crippen LogP contribution in [0, 0.1) is 6.92 Å². The summed E-state index contributed by atoms with van der Waals surface area (Å²) in [7, 11) is 4.02. The predicted molar refractivity (Wildman–Crippen MR) is 82.7 cm³/mol. The first-order valence-corrected chi connectivity index (χ1v) is 7.04. The highest BCUT2D eigenvalue weighted by atomic mass is 35.5. The molecule has 1 aromatic carbocycles. The van der Waals surface area contributed by atoms with Gasteiger partial charge in [-0.15, -0.1) is 0 Å². The first kappa shape index (κ1) is 15.0. The SMILES string of the molecule is Cc1nn(C)cc1C(CN)N(C)Cc1ccc(Cl)cc1. The largest absolute Gasteiger partial charge is 0.329 e. The molecule has 0 aliphatic heterocycles. The molecule has 1 heterocycles. The van der Waals surface area contributed by atoms with E-state index in [0.717, 1.165) is 17.3 Å². The van der Waals surface area contributed by atoms with E-state index in [9.17, 15) is 0 Å². The molecule has 0 spiro atoms. The number of aryl methyl sites for hydroxylation is 2. The van der Waals surface area contributed by atoms with Crippen LogP contribution in [0.3, 0.4) is 0 Å². The van der Waals surface area contributed by atoms with E-state index >= 15 is 0 Å². The Morgan fingerprint density at radius 1 is 1.35 bits per heavy atom. The van der Waals surface area contributed by atoms with Gasteiger partial charge in [-0.1, -0.05) is 23.7 Å². The Hall–Kier alpha value is -1.36. The predicted octanol–water partition coefficient (Wildman–Crippen LogP) is 2.51. The molecule has 0 saturated heterocycles. The molecule has 0 bridgehead atoms. The lowest BCUT2D eigenvalue weighted by Crippen LogP contribution is -2.30. The molecule has 0 saturated carbocycles. The van der Waals surface area contributed by atoms with Crippen LogP contribution in [0.2, 0.25) is 5.02 Å². The molecule has 5 heteroatoms. The molecular formula is C15H21ClN4. The number of benzene rings is 1. The summed E-state index contributed by atoms with van der Waals surface area (Å²) in [4.78, 5) is 2.24. The standard InChI is InChI=1S/C15H21ClN4/c1-11-14(10-20(3)18-11)15(8-17)19(2)9-12-4-6-13(16)7-5-12/h4-7,10,15H,8-9,17H2,1-3H3. The summed E-state index contributed by atoms with van der Waals surface area (Å²) in [5, 5.41) is 5.16. The van der Waals surface area contributed by atoms with Crippen LogP contribution < -0.4 is 5.73 Å². The molecule has 0 fully saturated rings. The quantitative estimate of drug-likeness (QED) is 0.921. The van der Waals surface area contributed by atoms with Crippen LogP contribution in [0.25, 0.3) is 0 Å². The topological polar surface area (TPSA) is 47.1 Å². The van der Waals surface area contributed by atoms with Crippen molar-refractivity contribution < 1.29 is 0 Å². The number of hydrogen-bond donors (Lipinski definition) is 1. The van der Waals surface area contributed by atoms with E-state index in [1.54, 1.807) is 0 Å². The van der Waals surface area contributed by atoms with Gasteiger partial charge in [0.1, 0.15) is 0 Å². The molecule has 0 amide bonds. The number of aromatic nitrogens is 2. The van der Waals surface area contributed by atoms with Crippen LogP contribution >= 0.6 is 11.6 Å². The van der Waals surface area contributed by atoms with Crippen molar-refractivity contribution in [3.63, 3.8) is 0 Å². The fourth-order valence-corrected chi connectivity index (χ4v) is 2.60. The lowest BCUT2D eigenvalue weighted by atomic mass is 10.1. The van der Waals surface area contributed by atoms with E-state index in [4.69, 9.17) is 17.3 Å². The highest BCUT2D eigenvalue weighted by Crippen LogP contribution is 2.23. The zero-order valence-electron chi connectivity index (χ0n) is 12.2. The van der Waals surface area contributed by atoms with Gasteiger partial charge in [0.2, 0.25) is 0 Å². The molecule has 1 aromatic heterocycles. The molecule has 2 N–H and O–H groups in total. The lowest BCUT2D eigenvalue weighted by Gasteiger charge is -2.26. The van der Waals surface area contributed by atoms with Crippen LogP contribution in [-0.4, -0.2) is 28.3 Å². The summed E-state index contributed by atoms with van der Waals surface area (Å²) in [6.45, 7) is 3.41. The van der Waals surface area contributed by atoms with E-state index in [1.165, 1.54) is 11.1 Å². The van der Waals surface area contributed by atoms with Gasteiger partial charge in [0.05, 0.1) is 11.7 Å². The maximum absolute atomic E-state index is 5.96. The number of nitrogens with zero attached hydrogens (tertiary/aromatic N) is 3. The zero-order valence-corrected chi connectivity index (χ0v) is 12.9. The highest BCUT2D eigenvalue weighted by molar-refractivity contribution is 6.30. The van der Waals surface area contributed by atoms with Crippen molar-refractivity contribution in [2.24, 2.45) is 12.8 Å². The summed E-state index contributed by atoms with van der Waals surface area (Å²) in [5.74, 6) is 0. The van der Waals surface area contributed by atoms with Gasteiger partial charge in [0.25, 0.3) is 0 Å². The van der Waals surface area contributed by atoms with E-state index < -0.39 is 0 Å². The van der Waals surface area contributed by atoms with E-state index in [0.29, 0.717) is 6.54 Å². The summed E-state index contributed by atoms with van der Waals surface area (Å²) < 4.78 is 1.84. The Morgan fingerprint density at radius 3 is 2.50 bits per heavy atom. The van der Waals surface area contributed by atoms with Gasteiger partial charge < -0.3 is 5.73 Å². The minimum Gasteiger partial charge on any atom is -0.329 e. The van der Waals surface area contributed by atoms with Gasteiger partial charge in [0.15, 0.2) is 0 Å². The number of hydrogen-bond acceptors (Lipinski definition) is 3. The Balaban J connectivity index is 2.15. The zero-order chi connectivity index (χ0) is 14.7. The maximum atomic E-state index is 5.96. The van der Waals surface area contributed by atoms with Crippen LogP contribution in [-0.2, 0) is 13.6 Å². The number of rotatable bonds is 5. The summed E-state index contributed by atoms with van der Waals surface area (Å²) in [6.07, 6.45) is 2.05. The average Bonchev–Trinajstić information content (AvgIpc) is 2.72. The van der Waals surface area contributed by atoms with Crippen molar-refractivity contribution >= 4 is 11.6 Å². The van der Waals surface area contributed by atoms with Crippen molar-refractivity contribution in [2.75, 3.05) is 13.6 Å². The molecule has 1 atom stereocenters. The molecular weight excluding hydrogens is 272 g/mol. The fraction of sp³-hybridized carbons (Fsp3) is 0.400. The molecule has 1 unspecified atom stereocenters. The third kappa shape index (κ3) is 3.39. The first-order valence-electron chi connectivity index (χ1n) is 6.66. The van der Waals surface area contributed by atoms with Crippen molar-refractivity contribution in [3.05, 3.63) is 52.3 Å². The van der Waals surface area contributed by atoms with E-state index in [2.05, 4.69) is 17.0 Å². The van der Waals surface area contributed by atoms with E-state index in [1.807, 2.05) is 49.1 Å². The third-order valence-corrected chi connectivity index (χ3v) is 3.76. The average molecular weight is 293 g/mol. The molecule has 0 aliphatic carbocycles. The number of nitrogens with two attached hydrogens (primary N) is 1. The molecule has 20 heavy (non-hydrogen) atoms. The molecule has 0 radical (unpaired) electrons. The number of likely N-dealkylation sites (N-methyl/N-ethyl adjacent to an activating group) is 1. The van der Waals surface area contributed by atoms with Crippen molar-refractivity contribution in [2.45, 2.75) is 19.5 Å². The molecule has 0 aliphatic rings. The normalized spacial score (nSPS) is 12.9. The van der Waals surface area contributed by atoms with Gasteiger partial charge in [-0.05, 0) is 31.7 Å². The number of halogens is 1. The van der Waals surface area contributed by atoms with Crippen LogP contribution in [0.15, 0.2) is 30.5 Å². The summed E-state index contributed by atoms with van der Waals surface area (Å²) in [5.41, 5.74) is 9.40. The second kappa shape index (κ2) is 6.39. The molecule has 4 nitrogen and oxygen atoms in total. The molecule has 2 aromatic rings. The van der Waals surface area contributed by atoms with Crippen LogP contribution in [0.1, 0.15) is 22.9 Å². The third-order valence-electron chi connectivity index (χ3n) is 3.51. The second-order valence-corrected chi connectivity index (χ2v) is 5.57. The minimum absolute atomic E-state index is 0.166. The van der Waals surface area contributed by atoms with Crippen LogP contribution in [0.4, 0.5) is 0 Å². The molecule has 2 rings (SSSR count). The van der Waals surface area contributed by atoms with Crippen molar-refractivity contribution in [3.8, 4) is 0 Å². The Kier molecular flexibility index (Phi) is 4.81. The van der Waals surface area contributed by atoms with Crippen LogP contribution in [0.5, 0.6) is 0 Å². The fourth-order valence-electron chi connectivity index (χ4n) is 2.48. The Labute approximate surface area is 125 Å². The monoisotopic (exact) mass is 292 g/mol. The van der Waals surface area contributed by atoms with Gasteiger partial charge in [0, 0.05) is 36.9 Å². The van der Waals surface area contributed by atoms with Crippen molar-refractivity contribution in [1.82, 2.24) is 14.7 Å². The highest BCUT2D eigenvalue weighted by Gasteiger charge is 2.19. The smallest absolute Gasteiger partial charge is 0.0641 e. The maximum Gasteiger partial charge on any atom is 0.0641 e. The van der Waals surface area contributed by atoms with Gasteiger partial charge in [-0.3, -0.25) is 9.58 Å². The Morgan fingerprint density at radius 2 is 2.00 bits per heavy atom. The van der Waals surface area contributed by atoms with Crippen molar-refractivity contribution in [1.29, 1.82) is 0 Å². The summed E-state index contributed by atoms with van der Waals surface area (Å²) in [6, 6.07) is 8.08. The van der Waals surface area contributed by atoms with E-state index in [-0.39, 0.29) is 6.04 Å². The van der Waals surface area contributed by atoms with Gasteiger partial charge in [-0.2, -0.15) is 5.10 Å². The molecule has 108 valence electrons. The minimum atomic E-state index is 0.166. The van der Waals surface area contributed by atoms with Gasteiger partial charge >= 0.3 is 0 Å². The van der Waals surface area contributed by atoms with Gasteiger partial charge in [-0.25, -0.2) is 0 Å². The second-order valence-electron chi connectivity index (χ2n) is 5.14. The Bertz CT molecular complexity index is 562. The first-order chi connectivity index (χ1) is 9.51. The lowest BCUT2D eigenvalue weighted by molar-refractivity contribution is 0.241. The summed E-state index contributed by atoms with van der Waals surface area (Å²) >= 11 is 5.91.